The van der Waals surface area contributed by atoms with Gasteiger partial charge in [-0.15, -0.1) is 0 Å². The summed E-state index contributed by atoms with van der Waals surface area (Å²) in [6.45, 7) is -0.618. The molecule has 0 aromatic carbocycles. The molecular formula is C4H9F2NO. The molecule has 0 radical (unpaired) electrons. The molecule has 0 aliphatic heterocycles. The van der Waals surface area contributed by atoms with Crippen molar-refractivity contribution in [2.24, 2.45) is 0 Å². The lowest BCUT2D eigenvalue weighted by Crippen LogP contribution is -2.31. The first kappa shape index (κ1) is 7.78. The summed E-state index contributed by atoms with van der Waals surface area (Å²) in [5.74, 6) is 0. The molecule has 2 nitrogen and oxygen atoms in total. The molecule has 0 spiro atoms. The van der Waals surface area contributed by atoms with E-state index in [4.69, 9.17) is 5.11 Å². The molecule has 0 bridgehead atoms. The summed E-state index contributed by atoms with van der Waals surface area (Å²) in [4.78, 5) is 1.21. The minimum absolute atomic E-state index is 0.618. The number of hydrogen-bond donors (Lipinski definition) is 1. The predicted molar refractivity (Wildman–Crippen MR) is 25.7 cm³/mol. The van der Waals surface area contributed by atoms with E-state index in [1.807, 2.05) is 0 Å². The zero-order chi connectivity index (χ0) is 6.78. The quantitative estimate of drug-likeness (QED) is 0.567. The molecule has 0 aliphatic rings. The Morgan fingerprint density at radius 1 is 1.50 bits per heavy atom. The molecule has 0 amide bonds. The van der Waals surface area contributed by atoms with Crippen molar-refractivity contribution >= 4 is 0 Å². The van der Waals surface area contributed by atoms with E-state index in [-0.39, 0.29) is 0 Å². The molecule has 0 saturated heterocycles. The maximum absolute atomic E-state index is 11.5. The van der Waals surface area contributed by atoms with Crippen LogP contribution >= 0.6 is 0 Å². The van der Waals surface area contributed by atoms with Crippen molar-refractivity contribution in [3.63, 3.8) is 0 Å². The number of nitrogens with zero attached hydrogens (tertiary/aromatic N) is 1. The van der Waals surface area contributed by atoms with Crippen LogP contribution in [0, 0.1) is 0 Å². The molecule has 4 heteroatoms. The lowest BCUT2D eigenvalue weighted by molar-refractivity contribution is -0.206. The Hall–Kier alpha value is -0.220. The third kappa shape index (κ3) is 5.78. The SMILES string of the molecule is CN(C)CC(O)(F)F. The van der Waals surface area contributed by atoms with Gasteiger partial charge in [-0.25, -0.2) is 0 Å². The minimum Gasteiger partial charge on any atom is -0.335 e. The van der Waals surface area contributed by atoms with Crippen LogP contribution in [0.5, 0.6) is 0 Å². The summed E-state index contributed by atoms with van der Waals surface area (Å²) in [5.41, 5.74) is 0. The molecule has 50 valence electrons. The van der Waals surface area contributed by atoms with Gasteiger partial charge in [0.1, 0.15) is 0 Å². The van der Waals surface area contributed by atoms with E-state index in [1.165, 1.54) is 19.0 Å². The minimum atomic E-state index is -3.55. The van der Waals surface area contributed by atoms with Crippen LogP contribution in [-0.4, -0.2) is 36.8 Å². The van der Waals surface area contributed by atoms with E-state index in [0.717, 1.165) is 0 Å². The average molecular weight is 125 g/mol. The van der Waals surface area contributed by atoms with Gasteiger partial charge in [0.2, 0.25) is 0 Å². The zero-order valence-corrected chi connectivity index (χ0v) is 4.86. The van der Waals surface area contributed by atoms with Gasteiger partial charge in [0, 0.05) is 0 Å². The van der Waals surface area contributed by atoms with E-state index < -0.39 is 12.7 Å². The highest BCUT2D eigenvalue weighted by molar-refractivity contribution is 4.51. The standard InChI is InChI=1S/C4H9F2NO/c1-7(2)3-4(5,6)8/h8H,3H2,1-2H3. The van der Waals surface area contributed by atoms with Crippen LogP contribution < -0.4 is 0 Å². The smallest absolute Gasteiger partial charge is 0.335 e. The predicted octanol–water partition coefficient (Wildman–Crippen LogP) is 0.133. The van der Waals surface area contributed by atoms with Gasteiger partial charge in [-0.1, -0.05) is 0 Å². The maximum Gasteiger partial charge on any atom is 0.365 e. The number of hydrogen-bond acceptors (Lipinski definition) is 2. The molecule has 1 N–H and O–H groups in total. The molecule has 0 atom stereocenters. The van der Waals surface area contributed by atoms with Crippen molar-refractivity contribution in [2.45, 2.75) is 6.11 Å². The molecule has 0 heterocycles. The van der Waals surface area contributed by atoms with E-state index in [2.05, 4.69) is 0 Å². The number of alkyl halides is 2. The van der Waals surface area contributed by atoms with Gasteiger partial charge in [-0.2, -0.15) is 8.78 Å². The fourth-order valence-corrected chi connectivity index (χ4v) is 0.380. The second kappa shape index (κ2) is 2.37. The fourth-order valence-electron chi connectivity index (χ4n) is 0.380. The summed E-state index contributed by atoms with van der Waals surface area (Å²) in [5, 5.41) is 7.81. The first-order valence-corrected chi connectivity index (χ1v) is 2.17. The topological polar surface area (TPSA) is 23.5 Å². The van der Waals surface area contributed by atoms with Crippen molar-refractivity contribution in [1.82, 2.24) is 4.90 Å². The summed E-state index contributed by atoms with van der Waals surface area (Å²) in [6, 6.07) is 0. The summed E-state index contributed by atoms with van der Waals surface area (Å²) in [7, 11) is 2.92. The van der Waals surface area contributed by atoms with Crippen molar-refractivity contribution in [3.05, 3.63) is 0 Å². The number of rotatable bonds is 2. The van der Waals surface area contributed by atoms with Crippen LogP contribution in [0.4, 0.5) is 8.78 Å². The van der Waals surface area contributed by atoms with E-state index in [0.29, 0.717) is 0 Å². The van der Waals surface area contributed by atoms with Gasteiger partial charge < -0.3 is 10.0 Å². The van der Waals surface area contributed by atoms with Crippen molar-refractivity contribution in [1.29, 1.82) is 0 Å². The largest absolute Gasteiger partial charge is 0.365 e. The average Bonchev–Trinajstić information content (AvgIpc) is 1.21. The molecular weight excluding hydrogens is 116 g/mol. The Labute approximate surface area is 46.7 Å². The molecule has 0 rings (SSSR count). The van der Waals surface area contributed by atoms with Crippen LogP contribution in [0.1, 0.15) is 0 Å². The first-order chi connectivity index (χ1) is 3.42. The highest BCUT2D eigenvalue weighted by Gasteiger charge is 2.24. The van der Waals surface area contributed by atoms with Gasteiger partial charge in [0.05, 0.1) is 6.54 Å². The highest BCUT2D eigenvalue weighted by atomic mass is 19.3. The zero-order valence-electron chi connectivity index (χ0n) is 4.86. The Bertz CT molecular complexity index is 68.9. The lowest BCUT2D eigenvalue weighted by atomic mass is 10.6. The van der Waals surface area contributed by atoms with E-state index in [9.17, 15) is 8.78 Å². The Kier molecular flexibility index (Phi) is 2.30. The van der Waals surface area contributed by atoms with E-state index >= 15 is 0 Å². The third-order valence-corrected chi connectivity index (χ3v) is 0.506. The molecule has 0 saturated carbocycles. The number of aliphatic hydroxyl groups is 1. The highest BCUT2D eigenvalue weighted by Crippen LogP contribution is 2.07. The first-order valence-electron chi connectivity index (χ1n) is 2.17. The second-order valence-corrected chi connectivity index (χ2v) is 1.90. The summed E-state index contributed by atoms with van der Waals surface area (Å²) >= 11 is 0. The van der Waals surface area contributed by atoms with Crippen molar-refractivity contribution in [3.8, 4) is 0 Å². The molecule has 0 aromatic rings. The maximum atomic E-state index is 11.5. The summed E-state index contributed by atoms with van der Waals surface area (Å²) < 4.78 is 23.0. The number of likely N-dealkylation sites (N-methyl/N-ethyl adjacent to an activating group) is 1. The van der Waals surface area contributed by atoms with E-state index in [1.54, 1.807) is 0 Å². The molecule has 8 heavy (non-hydrogen) atoms. The third-order valence-electron chi connectivity index (χ3n) is 0.506. The summed E-state index contributed by atoms with van der Waals surface area (Å²) in [6.07, 6.45) is -3.55. The van der Waals surface area contributed by atoms with Crippen molar-refractivity contribution in [2.75, 3.05) is 20.6 Å². The second-order valence-electron chi connectivity index (χ2n) is 1.90. The van der Waals surface area contributed by atoms with Gasteiger partial charge in [-0.05, 0) is 14.1 Å². The normalized spacial score (nSPS) is 12.8. The molecule has 0 unspecified atom stereocenters. The number of halogens is 2. The van der Waals surface area contributed by atoms with Crippen LogP contribution in [0.3, 0.4) is 0 Å². The van der Waals surface area contributed by atoms with Gasteiger partial charge >= 0.3 is 6.11 Å². The Morgan fingerprint density at radius 3 is 1.88 bits per heavy atom. The molecule has 0 fully saturated rings. The molecule has 0 aromatic heterocycles. The molecule has 0 aliphatic carbocycles. The van der Waals surface area contributed by atoms with Gasteiger partial charge in [-0.3, -0.25) is 0 Å². The van der Waals surface area contributed by atoms with Crippen LogP contribution in [0.2, 0.25) is 0 Å². The van der Waals surface area contributed by atoms with Crippen molar-refractivity contribution < 1.29 is 13.9 Å². The van der Waals surface area contributed by atoms with Crippen LogP contribution in [0.15, 0.2) is 0 Å². The van der Waals surface area contributed by atoms with Crippen LogP contribution in [0.25, 0.3) is 0 Å². The lowest BCUT2D eigenvalue weighted by Gasteiger charge is -2.13. The van der Waals surface area contributed by atoms with Gasteiger partial charge in [0.15, 0.2) is 0 Å². The van der Waals surface area contributed by atoms with Gasteiger partial charge in [0.25, 0.3) is 0 Å². The Morgan fingerprint density at radius 2 is 1.88 bits per heavy atom. The monoisotopic (exact) mass is 125 g/mol. The Balaban J connectivity index is 3.39. The fraction of sp³-hybridized carbons (Fsp3) is 1.00. The van der Waals surface area contributed by atoms with Crippen LogP contribution in [-0.2, 0) is 0 Å².